The fourth-order valence-electron chi connectivity index (χ4n) is 2.18. The molecule has 0 bridgehead atoms. The molecule has 0 aliphatic carbocycles. The van der Waals surface area contributed by atoms with E-state index in [-0.39, 0.29) is 23.9 Å². The van der Waals surface area contributed by atoms with Crippen molar-refractivity contribution in [2.45, 2.75) is 11.3 Å². The number of nitrogens with zero attached hydrogens (tertiary/aromatic N) is 2. The first kappa shape index (κ1) is 18.0. The van der Waals surface area contributed by atoms with Crippen molar-refractivity contribution in [1.82, 2.24) is 4.98 Å². The van der Waals surface area contributed by atoms with Crippen LogP contribution >= 0.6 is 39.3 Å². The molecule has 3 rings (SSSR count). The Balaban J connectivity index is 1.62. The third-order valence-corrected chi connectivity index (χ3v) is 5.13. The summed E-state index contributed by atoms with van der Waals surface area (Å²) in [6, 6.07) is 12.9. The average Bonchev–Trinajstić information content (AvgIpc) is 2.89. The lowest BCUT2D eigenvalue weighted by Gasteiger charge is -1.99. The Bertz CT molecular complexity index is 941. The third-order valence-electron chi connectivity index (χ3n) is 3.37. The van der Waals surface area contributed by atoms with E-state index in [0.717, 1.165) is 14.9 Å². The predicted octanol–water partition coefficient (Wildman–Crippen LogP) is 6.08. The first-order valence-electron chi connectivity index (χ1n) is 7.36. The molecule has 2 N–H and O–H groups in total. The fraction of sp³-hybridized carbons (Fsp3) is 0.118. The first-order chi connectivity index (χ1) is 12.0. The summed E-state index contributed by atoms with van der Waals surface area (Å²) in [5.41, 5.74) is 0.982. The zero-order valence-corrected chi connectivity index (χ0v) is 16.0. The van der Waals surface area contributed by atoms with Crippen molar-refractivity contribution < 1.29 is 9.90 Å². The largest absolute Gasteiger partial charge is 0.493 e. The van der Waals surface area contributed by atoms with Crippen molar-refractivity contribution in [2.24, 2.45) is 10.2 Å². The fourth-order valence-corrected chi connectivity index (χ4v) is 3.51. The van der Waals surface area contributed by atoms with Gasteiger partial charge in [-0.05, 0) is 42.5 Å². The molecule has 1 aromatic heterocycles. The molecule has 3 aromatic rings. The molecule has 2 aromatic carbocycles. The monoisotopic (exact) mass is 437 g/mol. The Labute approximate surface area is 161 Å². The van der Waals surface area contributed by atoms with Crippen LogP contribution < -0.4 is 0 Å². The minimum Gasteiger partial charge on any atom is -0.493 e. The molecule has 0 radical (unpaired) electrons. The lowest BCUT2D eigenvalue weighted by molar-refractivity contribution is -0.117. The molecule has 1 amide bonds. The van der Waals surface area contributed by atoms with E-state index in [1.54, 1.807) is 17.8 Å². The number of benzene rings is 2. The molecule has 25 heavy (non-hydrogen) atoms. The molecule has 0 unspecified atom stereocenters. The molecule has 8 heteroatoms. The van der Waals surface area contributed by atoms with Gasteiger partial charge in [-0.3, -0.25) is 4.79 Å². The smallest absolute Gasteiger partial charge is 0.265 e. The van der Waals surface area contributed by atoms with E-state index in [1.165, 1.54) is 0 Å². The van der Waals surface area contributed by atoms with Gasteiger partial charge in [-0.2, -0.15) is 0 Å². The van der Waals surface area contributed by atoms with Gasteiger partial charge in [-0.15, -0.1) is 22.0 Å². The molecule has 0 saturated heterocycles. The molecule has 128 valence electrons. The number of fused-ring (bicyclic) bond motifs is 1. The number of azo groups is 1. The number of carbonyl (C=O) groups excluding carboxylic acids is 1. The van der Waals surface area contributed by atoms with Crippen molar-refractivity contribution in [1.29, 1.82) is 0 Å². The van der Waals surface area contributed by atoms with Gasteiger partial charge in [0.1, 0.15) is 0 Å². The van der Waals surface area contributed by atoms with Gasteiger partial charge in [0.15, 0.2) is 5.69 Å². The number of thioether (sulfide) groups is 1. The summed E-state index contributed by atoms with van der Waals surface area (Å²) >= 11 is 10.7. The lowest BCUT2D eigenvalue weighted by Crippen LogP contribution is -1.93. The van der Waals surface area contributed by atoms with E-state index in [4.69, 9.17) is 11.6 Å². The number of aromatic amines is 1. The Morgan fingerprint density at radius 2 is 2.00 bits per heavy atom. The number of aromatic hydroxyl groups is 1. The summed E-state index contributed by atoms with van der Waals surface area (Å²) < 4.78 is 0.848. The SMILES string of the molecule is O=C(CCSc1ccc(Cl)cc1)N=Nc1c(O)[nH]c2ccc(Br)cc12. The van der Waals surface area contributed by atoms with Gasteiger partial charge in [-0.25, -0.2) is 0 Å². The summed E-state index contributed by atoms with van der Waals surface area (Å²) in [6.07, 6.45) is 0.254. The maximum atomic E-state index is 11.9. The van der Waals surface area contributed by atoms with E-state index < -0.39 is 0 Å². The molecule has 0 aliphatic heterocycles. The second-order valence-corrected chi connectivity index (χ2v) is 7.68. The van der Waals surface area contributed by atoms with Crippen molar-refractivity contribution in [3.05, 3.63) is 52.0 Å². The number of H-pyrrole nitrogens is 1. The highest BCUT2D eigenvalue weighted by Crippen LogP contribution is 2.36. The molecule has 0 spiro atoms. The molecular formula is C17H13BrClN3O2S. The average molecular weight is 439 g/mol. The number of hydrogen-bond acceptors (Lipinski definition) is 4. The van der Waals surface area contributed by atoms with Crippen LogP contribution in [-0.2, 0) is 4.79 Å². The maximum absolute atomic E-state index is 11.9. The number of rotatable bonds is 5. The second-order valence-electron chi connectivity index (χ2n) is 5.16. The minimum absolute atomic E-state index is 0.111. The highest BCUT2D eigenvalue weighted by molar-refractivity contribution is 9.10. The highest BCUT2D eigenvalue weighted by Gasteiger charge is 2.11. The normalized spacial score (nSPS) is 11.4. The third kappa shape index (κ3) is 4.62. The van der Waals surface area contributed by atoms with Gasteiger partial charge in [0.2, 0.25) is 5.88 Å². The summed E-state index contributed by atoms with van der Waals surface area (Å²) in [5.74, 6) is 0.135. The Morgan fingerprint density at radius 3 is 2.76 bits per heavy atom. The molecule has 0 saturated carbocycles. The molecule has 0 atom stereocenters. The van der Waals surface area contributed by atoms with Crippen LogP contribution in [0, 0.1) is 0 Å². The quantitative estimate of drug-likeness (QED) is 0.374. The summed E-state index contributed by atoms with van der Waals surface area (Å²) in [6.45, 7) is 0. The van der Waals surface area contributed by atoms with Crippen LogP contribution in [0.2, 0.25) is 5.02 Å². The van der Waals surface area contributed by atoms with Gasteiger partial charge in [0.25, 0.3) is 5.91 Å². The Kier molecular flexibility index (Phi) is 5.78. The molecule has 1 heterocycles. The summed E-state index contributed by atoms with van der Waals surface area (Å²) in [5, 5.41) is 18.9. The Morgan fingerprint density at radius 1 is 1.24 bits per heavy atom. The maximum Gasteiger partial charge on any atom is 0.265 e. The van der Waals surface area contributed by atoms with E-state index in [2.05, 4.69) is 31.1 Å². The minimum atomic E-state index is -0.342. The summed E-state index contributed by atoms with van der Waals surface area (Å²) in [4.78, 5) is 15.7. The van der Waals surface area contributed by atoms with Crippen LogP contribution in [0.25, 0.3) is 10.9 Å². The number of aromatic nitrogens is 1. The van der Waals surface area contributed by atoms with Crippen LogP contribution in [0.3, 0.4) is 0 Å². The predicted molar refractivity (Wildman–Crippen MR) is 104 cm³/mol. The van der Waals surface area contributed by atoms with Crippen molar-refractivity contribution in [3.63, 3.8) is 0 Å². The first-order valence-corrected chi connectivity index (χ1v) is 9.52. The van der Waals surface area contributed by atoms with Gasteiger partial charge in [0, 0.05) is 32.0 Å². The number of amides is 1. The molecule has 0 fully saturated rings. The second kappa shape index (κ2) is 8.03. The van der Waals surface area contributed by atoms with Crippen molar-refractivity contribution >= 4 is 61.8 Å². The zero-order valence-electron chi connectivity index (χ0n) is 12.9. The van der Waals surface area contributed by atoms with Crippen LogP contribution in [0.1, 0.15) is 6.42 Å². The van der Waals surface area contributed by atoms with Gasteiger partial charge in [0.05, 0.1) is 5.52 Å². The topological polar surface area (TPSA) is 77.8 Å². The van der Waals surface area contributed by atoms with Gasteiger partial charge in [-0.1, -0.05) is 27.5 Å². The van der Waals surface area contributed by atoms with E-state index >= 15 is 0 Å². The number of carbonyl (C=O) groups is 1. The number of nitrogens with one attached hydrogen (secondary N) is 1. The number of halogens is 2. The molecular weight excluding hydrogens is 426 g/mol. The standard InChI is InChI=1S/C17H13BrClN3O2S/c18-10-1-6-14-13(9-10)16(17(24)20-14)22-21-15(23)7-8-25-12-4-2-11(19)3-5-12/h1-6,9,20,24H,7-8H2. The van der Waals surface area contributed by atoms with Crippen LogP contribution in [0.5, 0.6) is 5.88 Å². The molecule has 0 aliphatic rings. The van der Waals surface area contributed by atoms with Gasteiger partial charge < -0.3 is 10.1 Å². The number of hydrogen-bond donors (Lipinski definition) is 2. The van der Waals surface area contributed by atoms with E-state index in [1.807, 2.05) is 36.4 Å². The zero-order chi connectivity index (χ0) is 17.8. The highest BCUT2D eigenvalue weighted by atomic mass is 79.9. The van der Waals surface area contributed by atoms with Crippen LogP contribution in [-0.4, -0.2) is 21.8 Å². The van der Waals surface area contributed by atoms with Crippen LogP contribution in [0.4, 0.5) is 5.69 Å². The Hall–Kier alpha value is -1.83. The molecule has 5 nitrogen and oxygen atoms in total. The lowest BCUT2D eigenvalue weighted by atomic mass is 10.2. The van der Waals surface area contributed by atoms with E-state index in [9.17, 15) is 9.90 Å². The van der Waals surface area contributed by atoms with E-state index in [0.29, 0.717) is 16.2 Å². The van der Waals surface area contributed by atoms with Gasteiger partial charge >= 0.3 is 0 Å². The summed E-state index contributed by atoms with van der Waals surface area (Å²) in [7, 11) is 0. The van der Waals surface area contributed by atoms with Crippen molar-refractivity contribution in [3.8, 4) is 5.88 Å². The van der Waals surface area contributed by atoms with Crippen LogP contribution in [0.15, 0.2) is 62.1 Å². The van der Waals surface area contributed by atoms with Crippen molar-refractivity contribution in [2.75, 3.05) is 5.75 Å².